The van der Waals surface area contributed by atoms with E-state index in [1.165, 1.54) is 6.07 Å². The number of benzene rings is 2. The van der Waals surface area contributed by atoms with Gasteiger partial charge < -0.3 is 34.0 Å². The summed E-state index contributed by atoms with van der Waals surface area (Å²) in [7, 11) is 1.56. The zero-order valence-electron chi connectivity index (χ0n) is 20.0. The summed E-state index contributed by atoms with van der Waals surface area (Å²) in [4.78, 5) is 14.1. The molecule has 0 spiro atoms. The van der Waals surface area contributed by atoms with Gasteiger partial charge in [0.25, 0.3) is 0 Å². The first kappa shape index (κ1) is 23.5. The van der Waals surface area contributed by atoms with Crippen LogP contribution in [-0.2, 0) is 13.0 Å². The van der Waals surface area contributed by atoms with E-state index in [4.69, 9.17) is 18.6 Å². The topological polar surface area (TPSA) is 93.4 Å². The van der Waals surface area contributed by atoms with E-state index >= 15 is 0 Å². The Kier molecular flexibility index (Phi) is 7.11. The van der Waals surface area contributed by atoms with Crippen LogP contribution >= 0.6 is 0 Å². The number of phenols is 1. The van der Waals surface area contributed by atoms with Gasteiger partial charge in [0, 0.05) is 43.2 Å². The lowest BCUT2D eigenvalue weighted by Gasteiger charge is -2.32. The predicted molar refractivity (Wildman–Crippen MR) is 133 cm³/mol. The van der Waals surface area contributed by atoms with Crippen molar-refractivity contribution in [1.29, 1.82) is 0 Å². The zero-order chi connectivity index (χ0) is 24.2. The fourth-order valence-electron chi connectivity index (χ4n) is 4.92. The van der Waals surface area contributed by atoms with Gasteiger partial charge in [0.2, 0.25) is 0 Å². The van der Waals surface area contributed by atoms with Crippen molar-refractivity contribution >= 4 is 11.0 Å². The maximum atomic E-state index is 11.6. The minimum Gasteiger partial charge on any atom is -0.504 e. The molecule has 2 aliphatic heterocycles. The fourth-order valence-corrected chi connectivity index (χ4v) is 4.92. The average molecular weight is 481 g/mol. The molecule has 2 N–H and O–H groups in total. The van der Waals surface area contributed by atoms with Crippen molar-refractivity contribution in [2.75, 3.05) is 40.0 Å². The molecule has 0 unspecified atom stereocenters. The highest BCUT2D eigenvalue weighted by Crippen LogP contribution is 2.40. The Morgan fingerprint density at radius 1 is 1.17 bits per heavy atom. The lowest BCUT2D eigenvalue weighted by Crippen LogP contribution is -2.42. The quantitative estimate of drug-likeness (QED) is 0.355. The molecule has 0 bridgehead atoms. The highest BCUT2D eigenvalue weighted by molar-refractivity contribution is 5.87. The van der Waals surface area contributed by atoms with Crippen molar-refractivity contribution in [1.82, 2.24) is 10.2 Å². The van der Waals surface area contributed by atoms with Crippen molar-refractivity contribution in [2.24, 2.45) is 0 Å². The number of methoxy groups -OCH3 is 1. The number of nitrogens with one attached hydrogen (secondary N) is 1. The van der Waals surface area contributed by atoms with Gasteiger partial charge in [-0.15, -0.1) is 0 Å². The van der Waals surface area contributed by atoms with Crippen LogP contribution in [-0.4, -0.2) is 56.0 Å². The normalized spacial score (nSPS) is 16.3. The summed E-state index contributed by atoms with van der Waals surface area (Å²) in [5.74, 6) is 2.21. The standard InChI is InChI=1S/C27H32N2O6/c1-32-25-15-18(3-5-22(25)30)17-28-19-7-11-29(12-8-19)10-2-13-34-27-20-4-6-26(31)35-24(20)16-23-21(27)9-14-33-23/h3-6,15-16,19,28,30H,2,7-14,17H2,1H3. The third kappa shape index (κ3) is 5.39. The van der Waals surface area contributed by atoms with E-state index in [1.807, 2.05) is 12.1 Å². The largest absolute Gasteiger partial charge is 0.504 e. The van der Waals surface area contributed by atoms with Crippen molar-refractivity contribution in [2.45, 2.75) is 38.3 Å². The first-order valence-corrected chi connectivity index (χ1v) is 12.3. The second kappa shape index (κ2) is 10.6. The second-order valence-corrected chi connectivity index (χ2v) is 9.15. The number of ether oxygens (including phenoxy) is 3. The number of phenolic OH excluding ortho intramolecular Hbond substituents is 1. The summed E-state index contributed by atoms with van der Waals surface area (Å²) in [5, 5.41) is 14.2. The van der Waals surface area contributed by atoms with Gasteiger partial charge in [-0.05, 0) is 56.1 Å². The van der Waals surface area contributed by atoms with Gasteiger partial charge in [-0.25, -0.2) is 4.79 Å². The van der Waals surface area contributed by atoms with Gasteiger partial charge in [-0.1, -0.05) is 6.07 Å². The third-order valence-corrected chi connectivity index (χ3v) is 6.84. The Balaban J connectivity index is 1.08. The van der Waals surface area contributed by atoms with Crippen LogP contribution in [0.5, 0.6) is 23.0 Å². The molecule has 35 heavy (non-hydrogen) atoms. The minimum absolute atomic E-state index is 0.165. The molecule has 1 aromatic heterocycles. The number of piperidine rings is 1. The molecule has 3 aromatic rings. The molecule has 0 amide bonds. The number of fused-ring (bicyclic) bond motifs is 2. The van der Waals surface area contributed by atoms with Crippen molar-refractivity contribution < 1.29 is 23.7 Å². The van der Waals surface area contributed by atoms with Crippen LogP contribution in [0.25, 0.3) is 11.0 Å². The van der Waals surface area contributed by atoms with Gasteiger partial charge in [0.1, 0.15) is 17.1 Å². The predicted octanol–water partition coefficient (Wildman–Crippen LogP) is 3.47. The van der Waals surface area contributed by atoms with E-state index in [9.17, 15) is 9.90 Å². The summed E-state index contributed by atoms with van der Waals surface area (Å²) < 4.78 is 22.5. The van der Waals surface area contributed by atoms with Gasteiger partial charge in [-0.2, -0.15) is 0 Å². The van der Waals surface area contributed by atoms with E-state index in [-0.39, 0.29) is 11.4 Å². The van der Waals surface area contributed by atoms with Crippen LogP contribution in [0.15, 0.2) is 45.6 Å². The molecule has 3 heterocycles. The summed E-state index contributed by atoms with van der Waals surface area (Å²) in [6, 6.07) is 11.0. The minimum atomic E-state index is -0.373. The molecule has 2 aliphatic rings. The monoisotopic (exact) mass is 480 g/mol. The molecule has 1 fully saturated rings. The number of rotatable bonds is 9. The van der Waals surface area contributed by atoms with Crippen molar-refractivity contribution in [3.63, 3.8) is 0 Å². The van der Waals surface area contributed by atoms with Crippen molar-refractivity contribution in [3.05, 3.63) is 57.9 Å². The Morgan fingerprint density at radius 3 is 2.86 bits per heavy atom. The van der Waals surface area contributed by atoms with Gasteiger partial charge in [0.15, 0.2) is 11.5 Å². The molecule has 0 radical (unpaired) electrons. The van der Waals surface area contributed by atoms with Crippen LogP contribution in [0, 0.1) is 0 Å². The molecule has 1 saturated heterocycles. The summed E-state index contributed by atoms with van der Waals surface area (Å²) in [5.41, 5.74) is 2.30. The van der Waals surface area contributed by atoms with Gasteiger partial charge in [-0.3, -0.25) is 0 Å². The molecule has 0 aliphatic carbocycles. The van der Waals surface area contributed by atoms with Crippen LogP contribution in [0.1, 0.15) is 30.4 Å². The first-order valence-electron chi connectivity index (χ1n) is 12.3. The molecule has 2 aromatic carbocycles. The van der Waals surface area contributed by atoms with E-state index in [0.717, 1.165) is 79.9 Å². The molecule has 5 rings (SSSR count). The molecular weight excluding hydrogens is 448 g/mol. The first-order chi connectivity index (χ1) is 17.1. The number of aromatic hydroxyl groups is 1. The van der Waals surface area contributed by atoms with Crippen molar-refractivity contribution in [3.8, 4) is 23.0 Å². The Bertz CT molecular complexity index is 1230. The van der Waals surface area contributed by atoms with E-state index < -0.39 is 0 Å². The Hall–Kier alpha value is -3.23. The maximum absolute atomic E-state index is 11.6. The lowest BCUT2D eigenvalue weighted by molar-refractivity contribution is 0.182. The number of hydrogen-bond donors (Lipinski definition) is 2. The number of nitrogens with zero attached hydrogens (tertiary/aromatic N) is 1. The molecule has 186 valence electrons. The summed E-state index contributed by atoms with van der Waals surface area (Å²) >= 11 is 0. The number of likely N-dealkylation sites (tertiary alicyclic amines) is 1. The van der Waals surface area contributed by atoms with E-state index in [1.54, 1.807) is 25.3 Å². The summed E-state index contributed by atoms with van der Waals surface area (Å²) in [6.45, 7) is 5.08. The highest BCUT2D eigenvalue weighted by Gasteiger charge is 2.22. The average Bonchev–Trinajstić information content (AvgIpc) is 3.34. The zero-order valence-corrected chi connectivity index (χ0v) is 20.0. The van der Waals surface area contributed by atoms with Gasteiger partial charge >= 0.3 is 5.63 Å². The second-order valence-electron chi connectivity index (χ2n) is 9.15. The third-order valence-electron chi connectivity index (χ3n) is 6.84. The van der Waals surface area contributed by atoms with Crippen LogP contribution < -0.4 is 25.2 Å². The summed E-state index contributed by atoms with van der Waals surface area (Å²) in [6.07, 6.45) is 3.93. The van der Waals surface area contributed by atoms with Crippen LogP contribution in [0.4, 0.5) is 0 Å². The van der Waals surface area contributed by atoms with Crippen LogP contribution in [0.2, 0.25) is 0 Å². The number of hydrogen-bond acceptors (Lipinski definition) is 8. The fraction of sp³-hybridized carbons (Fsp3) is 0.444. The lowest BCUT2D eigenvalue weighted by atomic mass is 10.0. The smallest absolute Gasteiger partial charge is 0.336 e. The molecule has 0 saturated carbocycles. The molecule has 8 nitrogen and oxygen atoms in total. The van der Waals surface area contributed by atoms with Crippen LogP contribution in [0.3, 0.4) is 0 Å². The Labute approximate surface area is 204 Å². The maximum Gasteiger partial charge on any atom is 0.336 e. The molecule has 8 heteroatoms. The van der Waals surface area contributed by atoms with E-state index in [2.05, 4.69) is 10.2 Å². The highest BCUT2D eigenvalue weighted by atomic mass is 16.5. The molecular formula is C27H32N2O6. The van der Waals surface area contributed by atoms with E-state index in [0.29, 0.717) is 30.6 Å². The molecule has 0 atom stereocenters. The SMILES string of the molecule is COc1cc(CNC2CCN(CCCOc3c4c(cc5oc(=O)ccc35)OCC4)CC2)ccc1O. The van der Waals surface area contributed by atoms with Gasteiger partial charge in [0.05, 0.1) is 25.7 Å². The Morgan fingerprint density at radius 2 is 2.03 bits per heavy atom.